The predicted octanol–water partition coefficient (Wildman–Crippen LogP) is 4.05. The first kappa shape index (κ1) is 24.2. The summed E-state index contributed by atoms with van der Waals surface area (Å²) in [6, 6.07) is 22.2. The van der Waals surface area contributed by atoms with Crippen LogP contribution in [-0.2, 0) is 21.2 Å². The third kappa shape index (κ3) is 7.00. The average molecular weight is 466 g/mol. The highest BCUT2D eigenvalue weighted by atomic mass is 32.2. The molecule has 3 aromatic carbocycles. The number of hydrogen-bond donors (Lipinski definition) is 3. The molecule has 0 saturated heterocycles. The number of amides is 2. The quantitative estimate of drug-likeness (QED) is 0.443. The van der Waals surface area contributed by atoms with E-state index in [1.165, 1.54) is 12.1 Å². The molecule has 3 aromatic rings. The van der Waals surface area contributed by atoms with Crippen LogP contribution in [0.25, 0.3) is 0 Å². The molecule has 0 radical (unpaired) electrons. The third-order valence-corrected chi connectivity index (χ3v) is 6.39. The van der Waals surface area contributed by atoms with Gasteiger partial charge in [0.1, 0.15) is 0 Å². The van der Waals surface area contributed by atoms with Gasteiger partial charge in [-0.15, -0.1) is 0 Å². The predicted molar refractivity (Wildman–Crippen MR) is 130 cm³/mol. The van der Waals surface area contributed by atoms with E-state index in [4.69, 9.17) is 0 Å². The van der Waals surface area contributed by atoms with E-state index in [2.05, 4.69) is 15.4 Å². The normalized spacial score (nSPS) is 11.2. The monoisotopic (exact) mass is 465 g/mol. The maximum atomic E-state index is 12.5. The molecular formula is C25H27N3O4S. The van der Waals surface area contributed by atoms with Crippen LogP contribution in [-0.4, -0.2) is 26.8 Å². The summed E-state index contributed by atoms with van der Waals surface area (Å²) in [5.74, 6) is -0.580. The number of hydrogen-bond acceptors (Lipinski definition) is 4. The number of sulfonamides is 1. The second kappa shape index (κ2) is 10.9. The van der Waals surface area contributed by atoms with Crippen LogP contribution in [0.15, 0.2) is 83.8 Å². The summed E-state index contributed by atoms with van der Waals surface area (Å²) in [5, 5.41) is 5.51. The van der Waals surface area contributed by atoms with Crippen molar-refractivity contribution in [2.24, 2.45) is 5.92 Å². The lowest BCUT2D eigenvalue weighted by atomic mass is 10.1. The maximum Gasteiger partial charge on any atom is 0.255 e. The minimum absolute atomic E-state index is 0.100. The van der Waals surface area contributed by atoms with E-state index >= 15 is 0 Å². The molecule has 0 spiro atoms. The Balaban J connectivity index is 1.56. The largest absolute Gasteiger partial charge is 0.326 e. The van der Waals surface area contributed by atoms with Gasteiger partial charge in [-0.25, -0.2) is 13.1 Å². The van der Waals surface area contributed by atoms with E-state index in [1.54, 1.807) is 50.2 Å². The molecule has 7 nitrogen and oxygen atoms in total. The van der Waals surface area contributed by atoms with E-state index in [9.17, 15) is 18.0 Å². The molecule has 3 rings (SSSR count). The van der Waals surface area contributed by atoms with E-state index < -0.39 is 10.0 Å². The fraction of sp³-hybridized carbons (Fsp3) is 0.200. The van der Waals surface area contributed by atoms with Gasteiger partial charge in [0.05, 0.1) is 4.90 Å². The van der Waals surface area contributed by atoms with Crippen molar-refractivity contribution in [3.8, 4) is 0 Å². The number of nitrogens with one attached hydrogen (secondary N) is 3. The first-order valence-electron chi connectivity index (χ1n) is 10.6. The molecule has 8 heteroatoms. The fourth-order valence-electron chi connectivity index (χ4n) is 2.97. The molecule has 2 amide bonds. The van der Waals surface area contributed by atoms with Gasteiger partial charge in [-0.05, 0) is 60.5 Å². The SMILES string of the molecule is CC(C)C(=O)Nc1ccc(C(=O)Nc2ccc(S(=O)(=O)NCCc3ccccc3)cc2)cc1. The first-order valence-corrected chi connectivity index (χ1v) is 12.1. The van der Waals surface area contributed by atoms with Crippen LogP contribution in [0.2, 0.25) is 0 Å². The molecule has 0 aliphatic carbocycles. The van der Waals surface area contributed by atoms with Crippen LogP contribution in [0, 0.1) is 5.92 Å². The standard InChI is InChI=1S/C25H27N3O4S/c1-18(2)24(29)27-21-10-8-20(9-11-21)25(30)28-22-12-14-23(15-13-22)33(31,32)26-17-16-19-6-4-3-5-7-19/h3-15,18,26H,16-17H2,1-2H3,(H,27,29)(H,28,30). The molecule has 172 valence electrons. The zero-order valence-electron chi connectivity index (χ0n) is 18.5. The van der Waals surface area contributed by atoms with Crippen LogP contribution >= 0.6 is 0 Å². The summed E-state index contributed by atoms with van der Waals surface area (Å²) in [7, 11) is -3.65. The minimum Gasteiger partial charge on any atom is -0.326 e. The molecule has 0 heterocycles. The van der Waals surface area contributed by atoms with Crippen LogP contribution in [0.4, 0.5) is 11.4 Å². The zero-order chi connectivity index (χ0) is 23.8. The highest BCUT2D eigenvalue weighted by Crippen LogP contribution is 2.16. The average Bonchev–Trinajstić information content (AvgIpc) is 2.80. The number of carbonyl (C=O) groups excluding carboxylic acids is 2. The Hall–Kier alpha value is -3.49. The van der Waals surface area contributed by atoms with Gasteiger partial charge >= 0.3 is 0 Å². The molecular weight excluding hydrogens is 438 g/mol. The summed E-state index contributed by atoms with van der Waals surface area (Å²) in [4.78, 5) is 24.4. The van der Waals surface area contributed by atoms with Crippen molar-refractivity contribution >= 4 is 33.2 Å². The number of carbonyl (C=O) groups is 2. The summed E-state index contributed by atoms with van der Waals surface area (Å²) in [6.45, 7) is 3.89. The van der Waals surface area contributed by atoms with Gasteiger partial charge in [-0.2, -0.15) is 0 Å². The smallest absolute Gasteiger partial charge is 0.255 e. The lowest BCUT2D eigenvalue weighted by Gasteiger charge is -2.10. The highest BCUT2D eigenvalue weighted by Gasteiger charge is 2.14. The molecule has 0 atom stereocenters. The molecule has 0 aliphatic heterocycles. The van der Waals surface area contributed by atoms with Crippen molar-refractivity contribution in [1.29, 1.82) is 0 Å². The van der Waals surface area contributed by atoms with Gasteiger partial charge in [-0.3, -0.25) is 9.59 Å². The molecule has 33 heavy (non-hydrogen) atoms. The summed E-state index contributed by atoms with van der Waals surface area (Å²) in [6.07, 6.45) is 0.591. The Bertz CT molecular complexity index is 1190. The Morgan fingerprint density at radius 3 is 1.97 bits per heavy atom. The van der Waals surface area contributed by atoms with E-state index in [-0.39, 0.29) is 22.6 Å². The summed E-state index contributed by atoms with van der Waals surface area (Å²) < 4.78 is 27.6. The topological polar surface area (TPSA) is 104 Å². The van der Waals surface area contributed by atoms with Crippen molar-refractivity contribution in [1.82, 2.24) is 4.72 Å². The van der Waals surface area contributed by atoms with Crippen LogP contribution < -0.4 is 15.4 Å². The maximum absolute atomic E-state index is 12.5. The third-order valence-electron chi connectivity index (χ3n) is 4.91. The number of rotatable bonds is 9. The lowest BCUT2D eigenvalue weighted by Crippen LogP contribution is -2.26. The van der Waals surface area contributed by atoms with Crippen molar-refractivity contribution in [3.63, 3.8) is 0 Å². The minimum atomic E-state index is -3.65. The Morgan fingerprint density at radius 2 is 1.36 bits per heavy atom. The Morgan fingerprint density at radius 1 is 0.788 bits per heavy atom. The van der Waals surface area contributed by atoms with Crippen LogP contribution in [0.1, 0.15) is 29.8 Å². The second-order valence-electron chi connectivity index (χ2n) is 7.83. The Labute approximate surface area is 194 Å². The van der Waals surface area contributed by atoms with Gasteiger partial charge in [0.2, 0.25) is 15.9 Å². The van der Waals surface area contributed by atoms with Gasteiger partial charge in [-0.1, -0.05) is 44.2 Å². The Kier molecular flexibility index (Phi) is 7.97. The van der Waals surface area contributed by atoms with Gasteiger partial charge in [0.25, 0.3) is 5.91 Å². The van der Waals surface area contributed by atoms with Crippen molar-refractivity contribution in [3.05, 3.63) is 90.0 Å². The van der Waals surface area contributed by atoms with Crippen molar-refractivity contribution in [2.45, 2.75) is 25.2 Å². The van der Waals surface area contributed by atoms with Crippen molar-refractivity contribution < 1.29 is 18.0 Å². The lowest BCUT2D eigenvalue weighted by molar-refractivity contribution is -0.118. The van der Waals surface area contributed by atoms with E-state index in [1.807, 2.05) is 30.3 Å². The molecule has 3 N–H and O–H groups in total. The second-order valence-corrected chi connectivity index (χ2v) is 9.60. The molecule has 0 aromatic heterocycles. The zero-order valence-corrected chi connectivity index (χ0v) is 19.4. The fourth-order valence-corrected chi connectivity index (χ4v) is 4.00. The molecule has 0 unspecified atom stereocenters. The van der Waals surface area contributed by atoms with Gasteiger partial charge in [0, 0.05) is 29.4 Å². The number of anilines is 2. The number of benzene rings is 3. The molecule has 0 fully saturated rings. The van der Waals surface area contributed by atoms with Crippen LogP contribution in [0.5, 0.6) is 0 Å². The van der Waals surface area contributed by atoms with Crippen molar-refractivity contribution in [2.75, 3.05) is 17.2 Å². The summed E-state index contributed by atoms with van der Waals surface area (Å²) >= 11 is 0. The summed E-state index contributed by atoms with van der Waals surface area (Å²) in [5.41, 5.74) is 2.55. The molecule has 0 aliphatic rings. The molecule has 0 bridgehead atoms. The van der Waals surface area contributed by atoms with Crippen LogP contribution in [0.3, 0.4) is 0 Å². The molecule has 0 saturated carbocycles. The van der Waals surface area contributed by atoms with E-state index in [0.29, 0.717) is 29.9 Å². The van der Waals surface area contributed by atoms with Gasteiger partial charge in [0.15, 0.2) is 0 Å². The van der Waals surface area contributed by atoms with E-state index in [0.717, 1.165) is 5.56 Å². The highest BCUT2D eigenvalue weighted by molar-refractivity contribution is 7.89. The van der Waals surface area contributed by atoms with Gasteiger partial charge < -0.3 is 10.6 Å². The first-order chi connectivity index (χ1) is 15.7.